The topological polar surface area (TPSA) is 42.9 Å². The number of para-hydroxylation sites is 1. The highest BCUT2D eigenvalue weighted by Crippen LogP contribution is 2.19. The molecular weight excluding hydrogens is 334 g/mol. The van der Waals surface area contributed by atoms with Gasteiger partial charge in [-0.25, -0.2) is 0 Å². The van der Waals surface area contributed by atoms with Gasteiger partial charge < -0.3 is 20.4 Å². The lowest BCUT2D eigenvalue weighted by molar-refractivity contribution is 0.648. The summed E-state index contributed by atoms with van der Waals surface area (Å²) >= 11 is 0. The predicted octanol–water partition coefficient (Wildman–Crippen LogP) is 2.74. The fourth-order valence-corrected chi connectivity index (χ4v) is 3.43. The Labute approximate surface area is 163 Å². The van der Waals surface area contributed by atoms with Crippen LogP contribution in [0.15, 0.2) is 59.6 Å². The molecule has 27 heavy (non-hydrogen) atoms. The van der Waals surface area contributed by atoms with E-state index in [0.717, 1.165) is 38.4 Å². The van der Waals surface area contributed by atoms with E-state index in [1.807, 2.05) is 7.05 Å². The van der Waals surface area contributed by atoms with Crippen molar-refractivity contribution in [2.45, 2.75) is 18.9 Å². The zero-order valence-electron chi connectivity index (χ0n) is 16.7. The molecule has 1 saturated heterocycles. The molecule has 144 valence electrons. The van der Waals surface area contributed by atoms with E-state index in [-0.39, 0.29) is 0 Å². The monoisotopic (exact) mass is 365 g/mol. The van der Waals surface area contributed by atoms with Crippen LogP contribution in [0, 0.1) is 0 Å². The van der Waals surface area contributed by atoms with Crippen LogP contribution in [0.4, 0.5) is 11.4 Å². The highest BCUT2D eigenvalue weighted by Gasteiger charge is 2.23. The van der Waals surface area contributed by atoms with Crippen molar-refractivity contribution in [2.75, 3.05) is 50.6 Å². The summed E-state index contributed by atoms with van der Waals surface area (Å²) in [7, 11) is 5.97. The molecule has 0 aliphatic carbocycles. The molecule has 3 rings (SSSR count). The quantitative estimate of drug-likeness (QED) is 0.610. The summed E-state index contributed by atoms with van der Waals surface area (Å²) in [6.45, 7) is 2.96. The maximum Gasteiger partial charge on any atom is 0.191 e. The molecule has 1 aliphatic rings. The van der Waals surface area contributed by atoms with Crippen LogP contribution in [0.2, 0.25) is 0 Å². The van der Waals surface area contributed by atoms with Crippen LogP contribution in [0.25, 0.3) is 0 Å². The first kappa shape index (κ1) is 19.1. The third-order valence-electron chi connectivity index (χ3n) is 5.03. The summed E-state index contributed by atoms with van der Waals surface area (Å²) in [6.07, 6.45) is 2.11. The van der Waals surface area contributed by atoms with Gasteiger partial charge in [0.05, 0.1) is 0 Å². The minimum absolute atomic E-state index is 0.427. The molecule has 0 saturated carbocycles. The molecule has 1 heterocycles. The highest BCUT2D eigenvalue weighted by atomic mass is 15.2. The summed E-state index contributed by atoms with van der Waals surface area (Å²) in [5, 5.41) is 7.01. The lowest BCUT2D eigenvalue weighted by Crippen LogP contribution is -2.45. The Bertz CT molecular complexity index is 724. The van der Waals surface area contributed by atoms with E-state index in [0.29, 0.717) is 6.04 Å². The molecule has 0 spiro atoms. The largest absolute Gasteiger partial charge is 0.378 e. The number of rotatable bonds is 6. The maximum atomic E-state index is 4.39. The number of aliphatic imine (C=N–C) groups is 1. The van der Waals surface area contributed by atoms with E-state index in [2.05, 4.69) is 94.1 Å². The van der Waals surface area contributed by atoms with E-state index in [4.69, 9.17) is 0 Å². The van der Waals surface area contributed by atoms with Crippen molar-refractivity contribution in [1.82, 2.24) is 10.6 Å². The Morgan fingerprint density at radius 1 is 1.11 bits per heavy atom. The Balaban J connectivity index is 1.43. The number of hydrogen-bond donors (Lipinski definition) is 2. The van der Waals surface area contributed by atoms with Gasteiger partial charge in [-0.05, 0) is 42.7 Å². The number of hydrogen-bond acceptors (Lipinski definition) is 3. The third-order valence-corrected chi connectivity index (χ3v) is 5.03. The van der Waals surface area contributed by atoms with Crippen molar-refractivity contribution in [3.05, 3.63) is 60.2 Å². The Morgan fingerprint density at radius 2 is 1.85 bits per heavy atom. The van der Waals surface area contributed by atoms with Crippen LogP contribution in [0.5, 0.6) is 0 Å². The average Bonchev–Trinajstić information content (AvgIpc) is 3.17. The molecular formula is C22H31N5. The zero-order valence-corrected chi connectivity index (χ0v) is 16.7. The van der Waals surface area contributed by atoms with Gasteiger partial charge in [-0.3, -0.25) is 4.99 Å². The van der Waals surface area contributed by atoms with Crippen LogP contribution in [-0.4, -0.2) is 52.8 Å². The number of benzene rings is 2. The fraction of sp³-hybridized carbons (Fsp3) is 0.409. The summed E-state index contributed by atoms with van der Waals surface area (Å²) < 4.78 is 0. The van der Waals surface area contributed by atoms with Gasteiger partial charge >= 0.3 is 0 Å². The first-order chi connectivity index (χ1) is 13.2. The lowest BCUT2D eigenvalue weighted by Gasteiger charge is -2.20. The van der Waals surface area contributed by atoms with Gasteiger partial charge in [0.2, 0.25) is 0 Å². The average molecular weight is 366 g/mol. The normalized spacial score (nSPS) is 17.1. The van der Waals surface area contributed by atoms with E-state index in [1.165, 1.54) is 16.9 Å². The van der Waals surface area contributed by atoms with Crippen molar-refractivity contribution in [3.8, 4) is 0 Å². The van der Waals surface area contributed by atoms with Gasteiger partial charge in [0.25, 0.3) is 0 Å². The molecule has 2 aromatic rings. The van der Waals surface area contributed by atoms with Gasteiger partial charge in [-0.2, -0.15) is 0 Å². The molecule has 5 nitrogen and oxygen atoms in total. The number of nitrogens with one attached hydrogen (secondary N) is 2. The number of nitrogens with zero attached hydrogens (tertiary/aromatic N) is 3. The summed E-state index contributed by atoms with van der Waals surface area (Å²) in [5.74, 6) is 0.889. The molecule has 0 radical (unpaired) electrons. The van der Waals surface area contributed by atoms with E-state index in [9.17, 15) is 0 Å². The van der Waals surface area contributed by atoms with Crippen LogP contribution in [-0.2, 0) is 6.42 Å². The first-order valence-electron chi connectivity index (χ1n) is 9.69. The molecule has 0 aromatic heterocycles. The summed E-state index contributed by atoms with van der Waals surface area (Å²) in [6, 6.07) is 19.8. The van der Waals surface area contributed by atoms with Crippen molar-refractivity contribution in [2.24, 2.45) is 4.99 Å². The fourth-order valence-electron chi connectivity index (χ4n) is 3.43. The summed E-state index contributed by atoms with van der Waals surface area (Å²) in [5.41, 5.74) is 3.86. The van der Waals surface area contributed by atoms with Crippen LogP contribution >= 0.6 is 0 Å². The molecule has 2 aromatic carbocycles. The second kappa shape index (κ2) is 9.31. The molecule has 1 atom stereocenters. The standard InChI is InChI=1S/C22H31N5/c1-23-22(24-15-13-18-9-11-20(12-10-18)26(2)3)25-19-14-16-27(17-19)21-7-5-4-6-8-21/h4-12,19H,13-17H2,1-3H3,(H2,23,24,25). The summed E-state index contributed by atoms with van der Waals surface area (Å²) in [4.78, 5) is 8.93. The maximum absolute atomic E-state index is 4.39. The molecule has 1 unspecified atom stereocenters. The minimum Gasteiger partial charge on any atom is -0.378 e. The van der Waals surface area contributed by atoms with Gasteiger partial charge in [-0.15, -0.1) is 0 Å². The second-order valence-electron chi connectivity index (χ2n) is 7.22. The van der Waals surface area contributed by atoms with Crippen molar-refractivity contribution >= 4 is 17.3 Å². The van der Waals surface area contributed by atoms with Gasteiger partial charge in [0, 0.05) is 58.2 Å². The van der Waals surface area contributed by atoms with Gasteiger partial charge in [0.1, 0.15) is 0 Å². The molecule has 2 N–H and O–H groups in total. The Kier molecular flexibility index (Phi) is 6.58. The van der Waals surface area contributed by atoms with Crippen molar-refractivity contribution in [1.29, 1.82) is 0 Å². The van der Waals surface area contributed by atoms with Crippen molar-refractivity contribution in [3.63, 3.8) is 0 Å². The zero-order chi connectivity index (χ0) is 19.1. The van der Waals surface area contributed by atoms with Gasteiger partial charge in [0.15, 0.2) is 5.96 Å². The smallest absolute Gasteiger partial charge is 0.191 e. The molecule has 5 heteroatoms. The number of anilines is 2. The van der Waals surface area contributed by atoms with Crippen LogP contribution in [0.1, 0.15) is 12.0 Å². The predicted molar refractivity (Wildman–Crippen MR) is 116 cm³/mol. The lowest BCUT2D eigenvalue weighted by atomic mass is 10.1. The van der Waals surface area contributed by atoms with E-state index < -0.39 is 0 Å². The first-order valence-corrected chi connectivity index (χ1v) is 9.69. The second-order valence-corrected chi connectivity index (χ2v) is 7.22. The van der Waals surface area contributed by atoms with Crippen LogP contribution in [0.3, 0.4) is 0 Å². The molecule has 0 amide bonds. The Morgan fingerprint density at radius 3 is 2.52 bits per heavy atom. The molecule has 0 bridgehead atoms. The third kappa shape index (κ3) is 5.39. The van der Waals surface area contributed by atoms with E-state index in [1.54, 1.807) is 0 Å². The highest BCUT2D eigenvalue weighted by molar-refractivity contribution is 5.80. The van der Waals surface area contributed by atoms with Crippen LogP contribution < -0.4 is 20.4 Å². The molecule has 1 fully saturated rings. The molecule has 1 aliphatic heterocycles. The SMILES string of the molecule is CN=C(NCCc1ccc(N(C)C)cc1)NC1CCN(c2ccccc2)C1. The van der Waals surface area contributed by atoms with Gasteiger partial charge in [-0.1, -0.05) is 30.3 Å². The Hall–Kier alpha value is -2.69. The van der Waals surface area contributed by atoms with Crippen molar-refractivity contribution < 1.29 is 0 Å². The van der Waals surface area contributed by atoms with E-state index >= 15 is 0 Å². The minimum atomic E-state index is 0.427. The number of guanidine groups is 1.